The Kier molecular flexibility index (Phi) is 4.38. The van der Waals surface area contributed by atoms with E-state index in [9.17, 15) is 18.5 Å². The fourth-order valence-corrected chi connectivity index (χ4v) is 4.31. The Bertz CT molecular complexity index is 861. The molecule has 7 heteroatoms. The van der Waals surface area contributed by atoms with Gasteiger partial charge in [-0.1, -0.05) is 36.4 Å². The molecule has 2 aromatic carbocycles. The van der Waals surface area contributed by atoms with Crippen molar-refractivity contribution in [1.29, 1.82) is 0 Å². The van der Waals surface area contributed by atoms with E-state index in [2.05, 4.69) is 4.72 Å². The van der Waals surface area contributed by atoms with E-state index in [0.29, 0.717) is 5.56 Å². The van der Waals surface area contributed by atoms with E-state index in [-0.39, 0.29) is 22.5 Å². The predicted molar refractivity (Wildman–Crippen MR) is 90.1 cm³/mol. The summed E-state index contributed by atoms with van der Waals surface area (Å²) >= 11 is 0. The van der Waals surface area contributed by atoms with Crippen LogP contribution in [-0.2, 0) is 10.0 Å². The zero-order valence-electron chi connectivity index (χ0n) is 13.2. The molecule has 0 aromatic heterocycles. The summed E-state index contributed by atoms with van der Waals surface area (Å²) in [4.78, 5) is 10.3. The number of hydrogen-bond donors (Lipinski definition) is 1. The van der Waals surface area contributed by atoms with Crippen molar-refractivity contribution in [3.8, 4) is 0 Å². The number of hydrogen-bond acceptors (Lipinski definition) is 4. The highest BCUT2D eigenvalue weighted by atomic mass is 32.2. The number of rotatable bonds is 6. The number of benzene rings is 2. The molecule has 1 atom stereocenters. The minimum Gasteiger partial charge on any atom is -0.258 e. The van der Waals surface area contributed by atoms with E-state index in [0.717, 1.165) is 24.5 Å². The van der Waals surface area contributed by atoms with Crippen molar-refractivity contribution in [2.75, 3.05) is 0 Å². The van der Waals surface area contributed by atoms with Gasteiger partial charge in [-0.05, 0) is 36.8 Å². The molecular weight excluding hydrogens is 328 g/mol. The first-order valence-corrected chi connectivity index (χ1v) is 9.19. The number of nitro groups is 1. The molecule has 1 aliphatic rings. The number of aryl methyl sites for hydroxylation is 1. The van der Waals surface area contributed by atoms with Gasteiger partial charge in [0.25, 0.3) is 5.69 Å². The molecular formula is C17H18N2O4S. The van der Waals surface area contributed by atoms with Gasteiger partial charge in [0.2, 0.25) is 10.0 Å². The Labute approximate surface area is 140 Å². The molecule has 24 heavy (non-hydrogen) atoms. The van der Waals surface area contributed by atoms with E-state index in [1.165, 1.54) is 12.1 Å². The summed E-state index contributed by atoms with van der Waals surface area (Å²) < 4.78 is 28.4. The van der Waals surface area contributed by atoms with Gasteiger partial charge in [-0.2, -0.15) is 0 Å². The lowest BCUT2D eigenvalue weighted by molar-refractivity contribution is -0.385. The van der Waals surface area contributed by atoms with Crippen molar-refractivity contribution in [1.82, 2.24) is 4.72 Å². The molecule has 0 amide bonds. The van der Waals surface area contributed by atoms with Crippen LogP contribution in [-0.4, -0.2) is 13.3 Å². The van der Waals surface area contributed by atoms with Gasteiger partial charge in [-0.3, -0.25) is 10.1 Å². The van der Waals surface area contributed by atoms with Gasteiger partial charge in [0.1, 0.15) is 0 Å². The lowest BCUT2D eigenvalue weighted by Gasteiger charge is -2.19. The molecule has 1 aliphatic carbocycles. The highest BCUT2D eigenvalue weighted by molar-refractivity contribution is 7.89. The van der Waals surface area contributed by atoms with Crippen LogP contribution >= 0.6 is 0 Å². The quantitative estimate of drug-likeness (QED) is 0.642. The van der Waals surface area contributed by atoms with Crippen LogP contribution in [0.4, 0.5) is 5.69 Å². The van der Waals surface area contributed by atoms with Crippen LogP contribution in [0.5, 0.6) is 0 Å². The predicted octanol–water partition coefficient (Wildman–Crippen LogP) is 3.33. The van der Waals surface area contributed by atoms with Gasteiger partial charge in [-0.25, -0.2) is 13.1 Å². The Morgan fingerprint density at radius 2 is 1.83 bits per heavy atom. The summed E-state index contributed by atoms with van der Waals surface area (Å²) in [6.07, 6.45) is 1.94. The summed E-state index contributed by atoms with van der Waals surface area (Å²) in [7, 11) is -3.85. The minimum absolute atomic E-state index is 0.0433. The number of nitrogens with one attached hydrogen (secondary N) is 1. The van der Waals surface area contributed by atoms with E-state index < -0.39 is 14.9 Å². The van der Waals surface area contributed by atoms with E-state index in [4.69, 9.17) is 0 Å². The van der Waals surface area contributed by atoms with Crippen LogP contribution in [0.15, 0.2) is 53.4 Å². The highest BCUT2D eigenvalue weighted by Crippen LogP contribution is 2.41. The van der Waals surface area contributed by atoms with Crippen molar-refractivity contribution in [2.45, 2.75) is 30.7 Å². The SMILES string of the molecule is Cc1ccc([N+](=O)[O-])cc1S(=O)(=O)NC(c1ccccc1)C1CC1. The van der Waals surface area contributed by atoms with Gasteiger partial charge in [-0.15, -0.1) is 0 Å². The van der Waals surface area contributed by atoms with Crippen molar-refractivity contribution in [3.63, 3.8) is 0 Å². The molecule has 1 fully saturated rings. The normalized spacial score (nSPS) is 15.9. The van der Waals surface area contributed by atoms with Crippen molar-refractivity contribution in [3.05, 3.63) is 69.8 Å². The van der Waals surface area contributed by atoms with E-state index in [1.54, 1.807) is 6.92 Å². The van der Waals surface area contributed by atoms with E-state index in [1.807, 2.05) is 30.3 Å². The molecule has 0 radical (unpaired) electrons. The first-order chi connectivity index (χ1) is 11.4. The molecule has 3 rings (SSSR count). The maximum atomic E-state index is 12.8. The van der Waals surface area contributed by atoms with Crippen molar-refractivity contribution >= 4 is 15.7 Å². The highest BCUT2D eigenvalue weighted by Gasteiger charge is 2.36. The lowest BCUT2D eigenvalue weighted by Crippen LogP contribution is -2.30. The number of nitro benzene ring substituents is 1. The third-order valence-electron chi connectivity index (χ3n) is 4.21. The van der Waals surface area contributed by atoms with Crippen LogP contribution in [0.2, 0.25) is 0 Å². The molecule has 0 saturated heterocycles. The van der Waals surface area contributed by atoms with E-state index >= 15 is 0 Å². The third-order valence-corrected chi connectivity index (χ3v) is 5.79. The van der Waals surface area contributed by atoms with Crippen LogP contribution in [0.25, 0.3) is 0 Å². The smallest absolute Gasteiger partial charge is 0.258 e. The molecule has 2 aromatic rings. The summed E-state index contributed by atoms with van der Waals surface area (Å²) in [5.74, 6) is 0.265. The fraction of sp³-hybridized carbons (Fsp3) is 0.294. The zero-order valence-corrected chi connectivity index (χ0v) is 14.0. The molecule has 126 valence electrons. The molecule has 6 nitrogen and oxygen atoms in total. The summed E-state index contributed by atoms with van der Waals surface area (Å²) in [6.45, 7) is 1.63. The number of non-ortho nitro benzene ring substituents is 1. The van der Waals surface area contributed by atoms with Crippen molar-refractivity contribution in [2.24, 2.45) is 5.92 Å². The average Bonchev–Trinajstić information content (AvgIpc) is 3.38. The second-order valence-corrected chi connectivity index (χ2v) is 7.74. The largest absolute Gasteiger partial charge is 0.270 e. The second kappa shape index (κ2) is 6.33. The minimum atomic E-state index is -3.85. The standard InChI is InChI=1S/C17H18N2O4S/c1-12-7-10-15(19(20)21)11-16(12)24(22,23)18-17(14-8-9-14)13-5-3-2-4-6-13/h2-7,10-11,14,17-18H,8-9H2,1H3. The molecule has 0 spiro atoms. The molecule has 1 unspecified atom stereocenters. The Balaban J connectivity index is 1.96. The third kappa shape index (κ3) is 3.47. The maximum absolute atomic E-state index is 12.8. The average molecular weight is 346 g/mol. The molecule has 1 saturated carbocycles. The first kappa shape index (κ1) is 16.6. The Morgan fingerprint density at radius 1 is 1.17 bits per heavy atom. The molecule has 0 bridgehead atoms. The lowest BCUT2D eigenvalue weighted by atomic mass is 10.0. The van der Waals surface area contributed by atoms with Gasteiger partial charge < -0.3 is 0 Å². The van der Waals surface area contributed by atoms with Crippen LogP contribution < -0.4 is 4.72 Å². The summed E-state index contributed by atoms with van der Waals surface area (Å²) in [6, 6.07) is 13.0. The zero-order chi connectivity index (χ0) is 17.3. The van der Waals surface area contributed by atoms with Crippen LogP contribution in [0, 0.1) is 23.0 Å². The summed E-state index contributed by atoms with van der Waals surface area (Å²) in [5.41, 5.74) is 1.16. The van der Waals surface area contributed by atoms with Gasteiger partial charge in [0, 0.05) is 18.2 Å². The molecule has 0 heterocycles. The number of sulfonamides is 1. The number of nitrogens with zero attached hydrogens (tertiary/aromatic N) is 1. The first-order valence-electron chi connectivity index (χ1n) is 7.71. The molecule has 1 N–H and O–H groups in total. The topological polar surface area (TPSA) is 89.3 Å². The van der Waals surface area contributed by atoms with Crippen LogP contribution in [0.1, 0.15) is 30.0 Å². The van der Waals surface area contributed by atoms with Gasteiger partial charge >= 0.3 is 0 Å². The monoisotopic (exact) mass is 346 g/mol. The molecule has 0 aliphatic heterocycles. The maximum Gasteiger partial charge on any atom is 0.270 e. The Morgan fingerprint density at radius 3 is 2.42 bits per heavy atom. The van der Waals surface area contributed by atoms with Gasteiger partial charge in [0.15, 0.2) is 0 Å². The second-order valence-electron chi connectivity index (χ2n) is 6.05. The van der Waals surface area contributed by atoms with Gasteiger partial charge in [0.05, 0.1) is 9.82 Å². The summed E-state index contributed by atoms with van der Waals surface area (Å²) in [5, 5.41) is 10.9. The van der Waals surface area contributed by atoms with Crippen LogP contribution in [0.3, 0.4) is 0 Å². The van der Waals surface area contributed by atoms with Crippen molar-refractivity contribution < 1.29 is 13.3 Å². The Hall–Kier alpha value is -2.25. The fourth-order valence-electron chi connectivity index (χ4n) is 2.75.